The number of carbonyl (C=O) groups is 1. The topological polar surface area (TPSA) is 82.2 Å². The Hall–Kier alpha value is -2.74. The quantitative estimate of drug-likeness (QED) is 0.493. The van der Waals surface area contributed by atoms with E-state index >= 15 is 0 Å². The number of nitrogens with zero attached hydrogens (tertiary/aromatic N) is 3. The normalized spacial score (nSPS) is 14.5. The van der Waals surface area contributed by atoms with Crippen molar-refractivity contribution in [3.8, 4) is 11.4 Å². The highest BCUT2D eigenvalue weighted by Crippen LogP contribution is 2.31. The minimum absolute atomic E-state index is 0.229. The van der Waals surface area contributed by atoms with Gasteiger partial charge in [-0.05, 0) is 55.2 Å². The SMILES string of the molecule is COc1ccc(-n2c(CCNC(=O)c3ccco3)nnc2SCC2CCCCC2)cc1. The average molecular weight is 441 g/mol. The molecule has 164 valence electrons. The molecule has 1 aliphatic rings. The third-order valence-electron chi connectivity index (χ3n) is 5.58. The van der Waals surface area contributed by atoms with Gasteiger partial charge >= 0.3 is 0 Å². The first kappa shape index (κ1) is 21.5. The zero-order chi connectivity index (χ0) is 21.5. The van der Waals surface area contributed by atoms with Gasteiger partial charge in [0.25, 0.3) is 5.91 Å². The van der Waals surface area contributed by atoms with Crippen molar-refractivity contribution in [1.29, 1.82) is 0 Å². The number of aromatic nitrogens is 3. The van der Waals surface area contributed by atoms with Gasteiger partial charge in [-0.3, -0.25) is 9.36 Å². The number of ether oxygens (including phenoxy) is 1. The molecule has 3 aromatic rings. The molecule has 2 aromatic heterocycles. The summed E-state index contributed by atoms with van der Waals surface area (Å²) in [6, 6.07) is 11.2. The summed E-state index contributed by atoms with van der Waals surface area (Å²) in [4.78, 5) is 12.1. The predicted molar refractivity (Wildman–Crippen MR) is 120 cm³/mol. The highest BCUT2D eigenvalue weighted by atomic mass is 32.2. The number of amides is 1. The van der Waals surface area contributed by atoms with E-state index in [1.807, 2.05) is 24.3 Å². The summed E-state index contributed by atoms with van der Waals surface area (Å²) in [5.74, 6) is 3.50. The zero-order valence-electron chi connectivity index (χ0n) is 17.8. The summed E-state index contributed by atoms with van der Waals surface area (Å²) < 4.78 is 12.5. The number of thioether (sulfide) groups is 1. The van der Waals surface area contributed by atoms with Crippen molar-refractivity contribution in [2.45, 2.75) is 43.7 Å². The Kier molecular flexibility index (Phi) is 7.30. The molecular formula is C23H28N4O3S. The monoisotopic (exact) mass is 440 g/mol. The highest BCUT2D eigenvalue weighted by molar-refractivity contribution is 7.99. The molecule has 1 aliphatic carbocycles. The molecule has 0 aliphatic heterocycles. The summed E-state index contributed by atoms with van der Waals surface area (Å²) in [5, 5.41) is 12.7. The minimum Gasteiger partial charge on any atom is -0.497 e. The molecule has 4 rings (SSSR count). The summed E-state index contributed by atoms with van der Waals surface area (Å²) in [5.41, 5.74) is 0.990. The first-order chi connectivity index (χ1) is 15.2. The van der Waals surface area contributed by atoms with Crippen molar-refractivity contribution >= 4 is 17.7 Å². The number of hydrogen-bond donors (Lipinski definition) is 1. The van der Waals surface area contributed by atoms with Crippen molar-refractivity contribution in [2.24, 2.45) is 5.92 Å². The fraction of sp³-hybridized carbons (Fsp3) is 0.435. The van der Waals surface area contributed by atoms with Crippen molar-refractivity contribution in [2.75, 3.05) is 19.4 Å². The van der Waals surface area contributed by atoms with Gasteiger partial charge in [0.05, 0.1) is 13.4 Å². The van der Waals surface area contributed by atoms with Crippen molar-refractivity contribution in [3.05, 3.63) is 54.2 Å². The number of benzene rings is 1. The molecule has 0 saturated heterocycles. The van der Waals surface area contributed by atoms with Gasteiger partial charge < -0.3 is 14.5 Å². The Morgan fingerprint density at radius 1 is 1.19 bits per heavy atom. The van der Waals surface area contributed by atoms with Crippen LogP contribution in [-0.2, 0) is 6.42 Å². The van der Waals surface area contributed by atoms with Crippen LogP contribution in [0.4, 0.5) is 0 Å². The maximum atomic E-state index is 12.1. The van der Waals surface area contributed by atoms with Gasteiger partial charge in [0.15, 0.2) is 10.9 Å². The summed E-state index contributed by atoms with van der Waals surface area (Å²) in [6.45, 7) is 0.446. The Labute approximate surface area is 186 Å². The molecule has 7 nitrogen and oxygen atoms in total. The number of furan rings is 1. The lowest BCUT2D eigenvalue weighted by molar-refractivity contribution is 0.0926. The summed E-state index contributed by atoms with van der Waals surface area (Å²) in [6.07, 6.45) is 8.68. The van der Waals surface area contributed by atoms with Crippen LogP contribution in [0.3, 0.4) is 0 Å². The summed E-state index contributed by atoms with van der Waals surface area (Å²) >= 11 is 1.77. The molecule has 0 radical (unpaired) electrons. The molecule has 1 saturated carbocycles. The van der Waals surface area contributed by atoms with Gasteiger partial charge in [0.1, 0.15) is 11.6 Å². The van der Waals surface area contributed by atoms with Crippen LogP contribution in [0.25, 0.3) is 5.69 Å². The third kappa shape index (κ3) is 5.50. The standard InChI is InChI=1S/C23H28N4O3S/c1-29-19-11-9-18(10-12-19)27-21(13-14-24-22(28)20-8-5-15-30-20)25-26-23(27)31-16-17-6-3-2-4-7-17/h5,8-12,15,17H,2-4,6-7,13-14,16H2,1H3,(H,24,28). The molecular weight excluding hydrogens is 412 g/mol. The number of carbonyl (C=O) groups excluding carboxylic acids is 1. The maximum absolute atomic E-state index is 12.1. The first-order valence-electron chi connectivity index (χ1n) is 10.8. The molecule has 0 atom stereocenters. The number of rotatable bonds is 9. The molecule has 1 aromatic carbocycles. The Morgan fingerprint density at radius 2 is 2.00 bits per heavy atom. The van der Waals surface area contributed by atoms with Crippen molar-refractivity contribution in [1.82, 2.24) is 20.1 Å². The molecule has 1 N–H and O–H groups in total. The Bertz CT molecular complexity index is 963. The van der Waals surface area contributed by atoms with Crippen LogP contribution >= 0.6 is 11.8 Å². The third-order valence-corrected chi connectivity index (χ3v) is 6.74. The lowest BCUT2D eigenvalue weighted by Gasteiger charge is -2.20. The van der Waals surface area contributed by atoms with Gasteiger partial charge in [-0.15, -0.1) is 10.2 Å². The van der Waals surface area contributed by atoms with E-state index in [9.17, 15) is 4.79 Å². The molecule has 2 heterocycles. The van der Waals surface area contributed by atoms with E-state index in [1.165, 1.54) is 38.4 Å². The number of methoxy groups -OCH3 is 1. The molecule has 8 heteroatoms. The molecule has 0 unspecified atom stereocenters. The first-order valence-corrected chi connectivity index (χ1v) is 11.8. The highest BCUT2D eigenvalue weighted by Gasteiger charge is 2.19. The number of hydrogen-bond acceptors (Lipinski definition) is 6. The van der Waals surface area contributed by atoms with Crippen LogP contribution in [0.5, 0.6) is 5.75 Å². The van der Waals surface area contributed by atoms with E-state index < -0.39 is 0 Å². The second kappa shape index (κ2) is 10.5. The van der Waals surface area contributed by atoms with Crippen LogP contribution in [0.2, 0.25) is 0 Å². The van der Waals surface area contributed by atoms with Gasteiger partial charge in [0.2, 0.25) is 0 Å². The Morgan fingerprint density at radius 3 is 2.71 bits per heavy atom. The second-order valence-corrected chi connectivity index (χ2v) is 8.72. The van der Waals surface area contributed by atoms with Crippen LogP contribution in [-0.4, -0.2) is 40.1 Å². The fourth-order valence-corrected chi connectivity index (χ4v) is 5.03. The number of nitrogens with one attached hydrogen (secondary N) is 1. The molecule has 0 bridgehead atoms. The molecule has 0 spiro atoms. The average Bonchev–Trinajstić information content (AvgIpc) is 3.49. The molecule has 1 fully saturated rings. The van der Waals surface area contributed by atoms with E-state index in [0.717, 1.165) is 34.1 Å². The van der Waals surface area contributed by atoms with Crippen LogP contribution in [0, 0.1) is 5.92 Å². The zero-order valence-corrected chi connectivity index (χ0v) is 18.6. The van der Waals surface area contributed by atoms with E-state index in [4.69, 9.17) is 9.15 Å². The minimum atomic E-state index is -0.229. The predicted octanol–water partition coefficient (Wildman–Crippen LogP) is 4.51. The largest absolute Gasteiger partial charge is 0.497 e. The van der Waals surface area contributed by atoms with E-state index in [1.54, 1.807) is 31.0 Å². The van der Waals surface area contributed by atoms with E-state index in [0.29, 0.717) is 18.7 Å². The lowest BCUT2D eigenvalue weighted by Crippen LogP contribution is -2.26. The lowest BCUT2D eigenvalue weighted by atomic mass is 9.91. The van der Waals surface area contributed by atoms with Gasteiger partial charge in [0, 0.05) is 24.4 Å². The van der Waals surface area contributed by atoms with E-state index in [2.05, 4.69) is 20.1 Å². The van der Waals surface area contributed by atoms with Crippen LogP contribution < -0.4 is 10.1 Å². The van der Waals surface area contributed by atoms with Crippen molar-refractivity contribution < 1.29 is 13.9 Å². The molecule has 1 amide bonds. The van der Waals surface area contributed by atoms with Crippen LogP contribution in [0.1, 0.15) is 48.5 Å². The fourth-order valence-electron chi connectivity index (χ4n) is 3.88. The van der Waals surface area contributed by atoms with Gasteiger partial charge in [-0.25, -0.2) is 0 Å². The van der Waals surface area contributed by atoms with Crippen LogP contribution in [0.15, 0.2) is 52.2 Å². The molecule has 31 heavy (non-hydrogen) atoms. The Balaban J connectivity index is 1.47. The summed E-state index contributed by atoms with van der Waals surface area (Å²) in [7, 11) is 1.66. The smallest absolute Gasteiger partial charge is 0.286 e. The van der Waals surface area contributed by atoms with E-state index in [-0.39, 0.29) is 5.91 Å². The second-order valence-electron chi connectivity index (χ2n) is 7.73. The maximum Gasteiger partial charge on any atom is 0.286 e. The van der Waals surface area contributed by atoms with Crippen molar-refractivity contribution in [3.63, 3.8) is 0 Å². The van der Waals surface area contributed by atoms with Gasteiger partial charge in [-0.2, -0.15) is 0 Å². The van der Waals surface area contributed by atoms with Gasteiger partial charge in [-0.1, -0.05) is 31.0 Å².